The Labute approximate surface area is 156 Å². The first kappa shape index (κ1) is 17.5. The molecule has 0 aromatic heterocycles. The van der Waals surface area contributed by atoms with Crippen LogP contribution < -0.4 is 15.4 Å². The number of rotatable bonds is 5. The van der Waals surface area contributed by atoms with Gasteiger partial charge in [-0.1, -0.05) is 24.3 Å². The van der Waals surface area contributed by atoms with Gasteiger partial charge in [0.25, 0.3) is 5.91 Å². The van der Waals surface area contributed by atoms with Crippen molar-refractivity contribution in [3.8, 4) is 5.75 Å². The fraction of sp³-hybridized carbons (Fsp3) is 0.333. The lowest BCUT2D eigenvalue weighted by molar-refractivity contribution is -0.127. The van der Waals surface area contributed by atoms with Crippen LogP contribution in [-0.4, -0.2) is 18.4 Å². The Morgan fingerprint density at radius 1 is 1.30 bits per heavy atom. The first-order chi connectivity index (χ1) is 13.0. The molecule has 0 spiro atoms. The Morgan fingerprint density at radius 2 is 2.07 bits per heavy atom. The summed E-state index contributed by atoms with van der Waals surface area (Å²) in [5.74, 6) is 0.0968. The van der Waals surface area contributed by atoms with Gasteiger partial charge in [0, 0.05) is 0 Å². The minimum atomic E-state index is -0.526. The van der Waals surface area contributed by atoms with Crippen molar-refractivity contribution in [2.45, 2.75) is 32.2 Å². The number of ether oxygens (including phenoxy) is 1. The van der Waals surface area contributed by atoms with Gasteiger partial charge in [0.1, 0.15) is 11.6 Å². The summed E-state index contributed by atoms with van der Waals surface area (Å²) < 4.78 is 19.3. The van der Waals surface area contributed by atoms with Crippen molar-refractivity contribution < 1.29 is 18.7 Å². The number of carbonyl (C=O) groups is 2. The summed E-state index contributed by atoms with van der Waals surface area (Å²) in [4.78, 5) is 24.3. The van der Waals surface area contributed by atoms with Gasteiger partial charge in [-0.15, -0.1) is 0 Å². The highest BCUT2D eigenvalue weighted by Crippen LogP contribution is 2.49. The fourth-order valence-corrected chi connectivity index (χ4v) is 3.44. The van der Waals surface area contributed by atoms with Gasteiger partial charge in [-0.3, -0.25) is 9.59 Å². The molecule has 1 atom stereocenters. The van der Waals surface area contributed by atoms with Crippen LogP contribution in [0.5, 0.6) is 5.75 Å². The van der Waals surface area contributed by atoms with E-state index in [2.05, 4.69) is 10.6 Å². The molecule has 4 rings (SSSR count). The number of hydrogen-bond donors (Lipinski definition) is 2. The summed E-state index contributed by atoms with van der Waals surface area (Å²) in [5.41, 5.74) is 1.53. The zero-order valence-electron chi connectivity index (χ0n) is 15.0. The minimum absolute atomic E-state index is 0.0111. The summed E-state index contributed by atoms with van der Waals surface area (Å²) in [6.45, 7) is 1.90. The fourth-order valence-electron chi connectivity index (χ4n) is 3.44. The van der Waals surface area contributed by atoms with Crippen LogP contribution in [0.3, 0.4) is 0 Å². The van der Waals surface area contributed by atoms with E-state index < -0.39 is 5.41 Å². The van der Waals surface area contributed by atoms with Gasteiger partial charge < -0.3 is 15.4 Å². The maximum Gasteiger partial charge on any atom is 0.262 e. The van der Waals surface area contributed by atoms with Crippen LogP contribution in [0.4, 0.5) is 10.1 Å². The van der Waals surface area contributed by atoms with Gasteiger partial charge in [-0.05, 0) is 55.5 Å². The molecule has 2 N–H and O–H groups in total. The standard InChI is InChI=1S/C21H21FN2O3/c1-13(14-6-7-18-17(10-14)24-19(25)12-27-18)23-20(26)21(8-9-21)11-15-4-2-3-5-16(15)22/h2-7,10,13H,8-9,11-12H2,1H3,(H,23,26)(H,24,25). The van der Waals surface area contributed by atoms with Crippen LogP contribution in [0.15, 0.2) is 42.5 Å². The molecule has 6 heteroatoms. The molecule has 2 aromatic rings. The van der Waals surface area contributed by atoms with Crippen LogP contribution in [0.25, 0.3) is 0 Å². The van der Waals surface area contributed by atoms with E-state index >= 15 is 0 Å². The highest BCUT2D eigenvalue weighted by molar-refractivity contribution is 5.95. The number of benzene rings is 2. The normalized spacial score (nSPS) is 17.9. The van der Waals surface area contributed by atoms with Gasteiger partial charge in [-0.2, -0.15) is 0 Å². The lowest BCUT2D eigenvalue weighted by atomic mass is 9.94. The van der Waals surface area contributed by atoms with Crippen molar-refractivity contribution in [3.05, 3.63) is 59.4 Å². The molecule has 1 aliphatic carbocycles. The Kier molecular flexibility index (Phi) is 4.34. The first-order valence-electron chi connectivity index (χ1n) is 9.08. The third-order valence-electron chi connectivity index (χ3n) is 5.31. The quantitative estimate of drug-likeness (QED) is 0.850. The summed E-state index contributed by atoms with van der Waals surface area (Å²) in [5, 5.41) is 5.81. The number of halogens is 1. The van der Waals surface area contributed by atoms with E-state index in [0.29, 0.717) is 23.4 Å². The second kappa shape index (κ2) is 6.68. The van der Waals surface area contributed by atoms with E-state index in [1.165, 1.54) is 6.07 Å². The summed E-state index contributed by atoms with van der Waals surface area (Å²) in [7, 11) is 0. The molecule has 2 aliphatic rings. The van der Waals surface area contributed by atoms with Crippen molar-refractivity contribution >= 4 is 17.5 Å². The monoisotopic (exact) mass is 368 g/mol. The molecule has 0 bridgehead atoms. The SMILES string of the molecule is CC(NC(=O)C1(Cc2ccccc2F)CC1)c1ccc2c(c1)NC(=O)CO2. The molecule has 1 fully saturated rings. The van der Waals surface area contributed by atoms with Crippen LogP contribution in [0.1, 0.15) is 36.9 Å². The third-order valence-corrected chi connectivity index (χ3v) is 5.31. The van der Waals surface area contributed by atoms with E-state index in [1.807, 2.05) is 19.1 Å². The minimum Gasteiger partial charge on any atom is -0.482 e. The molecule has 5 nitrogen and oxygen atoms in total. The lowest BCUT2D eigenvalue weighted by Gasteiger charge is -2.23. The molecule has 2 aromatic carbocycles. The topological polar surface area (TPSA) is 67.4 Å². The number of hydrogen-bond acceptors (Lipinski definition) is 3. The Balaban J connectivity index is 1.46. The molecular formula is C21H21FN2O3. The average Bonchev–Trinajstić information content (AvgIpc) is 3.44. The van der Waals surface area contributed by atoms with E-state index in [-0.39, 0.29) is 30.3 Å². The van der Waals surface area contributed by atoms with Gasteiger partial charge in [0.15, 0.2) is 6.61 Å². The van der Waals surface area contributed by atoms with Crippen LogP contribution in [0, 0.1) is 11.2 Å². The van der Waals surface area contributed by atoms with Crippen LogP contribution in [-0.2, 0) is 16.0 Å². The van der Waals surface area contributed by atoms with Gasteiger partial charge in [0.05, 0.1) is 17.1 Å². The van der Waals surface area contributed by atoms with Gasteiger partial charge in [0.2, 0.25) is 5.91 Å². The number of carbonyl (C=O) groups excluding carboxylic acids is 2. The van der Waals surface area contributed by atoms with E-state index in [9.17, 15) is 14.0 Å². The molecule has 1 aliphatic heterocycles. The van der Waals surface area contributed by atoms with Crippen LogP contribution >= 0.6 is 0 Å². The maximum atomic E-state index is 14.0. The van der Waals surface area contributed by atoms with E-state index in [1.54, 1.807) is 24.3 Å². The number of nitrogens with one attached hydrogen (secondary N) is 2. The molecule has 0 radical (unpaired) electrons. The zero-order chi connectivity index (χ0) is 19.0. The molecule has 1 heterocycles. The predicted octanol–water partition coefficient (Wildman–Crippen LogP) is 3.36. The third kappa shape index (κ3) is 3.52. The lowest BCUT2D eigenvalue weighted by Crippen LogP contribution is -2.35. The highest BCUT2D eigenvalue weighted by atomic mass is 19.1. The molecule has 2 amide bonds. The van der Waals surface area contributed by atoms with Gasteiger partial charge in [-0.25, -0.2) is 4.39 Å². The van der Waals surface area contributed by atoms with Crippen molar-refractivity contribution in [2.75, 3.05) is 11.9 Å². The smallest absolute Gasteiger partial charge is 0.262 e. The largest absolute Gasteiger partial charge is 0.482 e. The summed E-state index contributed by atoms with van der Waals surface area (Å²) in [6, 6.07) is 11.8. The first-order valence-corrected chi connectivity index (χ1v) is 9.08. The summed E-state index contributed by atoms with van der Waals surface area (Å²) in [6.07, 6.45) is 1.92. The number of anilines is 1. The Hall–Kier alpha value is -2.89. The Bertz CT molecular complexity index is 908. The van der Waals surface area contributed by atoms with Crippen molar-refractivity contribution in [1.29, 1.82) is 0 Å². The molecule has 0 saturated heterocycles. The molecule has 27 heavy (non-hydrogen) atoms. The molecule has 1 unspecified atom stereocenters. The molecule has 1 saturated carbocycles. The summed E-state index contributed by atoms with van der Waals surface area (Å²) >= 11 is 0. The van der Waals surface area contributed by atoms with Crippen LogP contribution in [0.2, 0.25) is 0 Å². The van der Waals surface area contributed by atoms with E-state index in [4.69, 9.17) is 4.74 Å². The zero-order valence-corrected chi connectivity index (χ0v) is 15.0. The van der Waals surface area contributed by atoms with Crippen molar-refractivity contribution in [2.24, 2.45) is 5.41 Å². The van der Waals surface area contributed by atoms with Crippen molar-refractivity contribution in [1.82, 2.24) is 5.32 Å². The van der Waals surface area contributed by atoms with Gasteiger partial charge >= 0.3 is 0 Å². The molecule has 140 valence electrons. The number of fused-ring (bicyclic) bond motifs is 1. The predicted molar refractivity (Wildman–Crippen MR) is 98.9 cm³/mol. The average molecular weight is 368 g/mol. The number of amides is 2. The molecular weight excluding hydrogens is 347 g/mol. The van der Waals surface area contributed by atoms with E-state index in [0.717, 1.165) is 18.4 Å². The second-order valence-corrected chi connectivity index (χ2v) is 7.34. The Morgan fingerprint density at radius 3 is 2.81 bits per heavy atom. The maximum absolute atomic E-state index is 14.0. The second-order valence-electron chi connectivity index (χ2n) is 7.34. The highest BCUT2D eigenvalue weighted by Gasteiger charge is 2.50. The van der Waals surface area contributed by atoms with Crippen molar-refractivity contribution in [3.63, 3.8) is 0 Å².